The van der Waals surface area contributed by atoms with E-state index in [2.05, 4.69) is 10.6 Å². The van der Waals surface area contributed by atoms with Crippen LogP contribution in [0.15, 0.2) is 42.5 Å². The summed E-state index contributed by atoms with van der Waals surface area (Å²) in [5.74, 6) is -0.563. The number of nitrogens with one attached hydrogen (secondary N) is 2. The molecular weight excluding hydrogens is 271 g/mol. The van der Waals surface area contributed by atoms with Crippen molar-refractivity contribution in [2.24, 2.45) is 5.73 Å². The van der Waals surface area contributed by atoms with E-state index in [0.717, 1.165) is 5.56 Å². The second-order valence-corrected chi connectivity index (χ2v) is 4.32. The Kier molecular flexibility index (Phi) is 4.36. The molecule has 0 aromatic heterocycles. The van der Waals surface area contributed by atoms with Gasteiger partial charge in [-0.3, -0.25) is 0 Å². The van der Waals surface area contributed by atoms with Crippen molar-refractivity contribution in [2.75, 3.05) is 10.6 Å². The molecule has 0 aliphatic heterocycles. The second-order valence-electron chi connectivity index (χ2n) is 4.32. The molecule has 0 radical (unpaired) electrons. The summed E-state index contributed by atoms with van der Waals surface area (Å²) >= 11 is 0. The zero-order valence-electron chi connectivity index (χ0n) is 11.1. The SMILES string of the molecule is N#Cc1c(F)cccc1NCc1cccc(NC(N)=O)c1. The number of nitrogens with zero attached hydrogens (tertiary/aromatic N) is 1. The topological polar surface area (TPSA) is 90.9 Å². The van der Waals surface area contributed by atoms with Crippen molar-refractivity contribution in [3.05, 3.63) is 59.4 Å². The lowest BCUT2D eigenvalue weighted by Crippen LogP contribution is -2.19. The van der Waals surface area contributed by atoms with Crippen LogP contribution in [0.4, 0.5) is 20.6 Å². The lowest BCUT2D eigenvalue weighted by molar-refractivity contribution is 0.259. The molecule has 0 heterocycles. The third-order valence-electron chi connectivity index (χ3n) is 2.80. The molecule has 0 unspecified atom stereocenters. The largest absolute Gasteiger partial charge is 0.380 e. The third kappa shape index (κ3) is 3.70. The number of nitriles is 1. The predicted octanol–water partition coefficient (Wildman–Crippen LogP) is 2.80. The molecule has 6 heteroatoms. The molecule has 0 fully saturated rings. The van der Waals surface area contributed by atoms with E-state index < -0.39 is 11.8 Å². The Morgan fingerprint density at radius 1 is 1.29 bits per heavy atom. The van der Waals surface area contributed by atoms with Gasteiger partial charge in [-0.15, -0.1) is 0 Å². The van der Waals surface area contributed by atoms with Crippen molar-refractivity contribution >= 4 is 17.4 Å². The zero-order chi connectivity index (χ0) is 15.2. The molecular formula is C15H13FN4O. The molecule has 0 aliphatic rings. The van der Waals surface area contributed by atoms with Crippen molar-refractivity contribution in [3.8, 4) is 6.07 Å². The first-order valence-corrected chi connectivity index (χ1v) is 6.18. The molecule has 2 aromatic carbocycles. The van der Waals surface area contributed by atoms with Crippen LogP contribution < -0.4 is 16.4 Å². The Morgan fingerprint density at radius 3 is 2.76 bits per heavy atom. The Bertz CT molecular complexity index is 709. The number of rotatable bonds is 4. The molecule has 5 nitrogen and oxygen atoms in total. The van der Waals surface area contributed by atoms with Gasteiger partial charge in [0.2, 0.25) is 0 Å². The van der Waals surface area contributed by atoms with E-state index in [0.29, 0.717) is 17.9 Å². The number of primary amides is 1. The minimum absolute atomic E-state index is 0.0242. The van der Waals surface area contributed by atoms with Gasteiger partial charge in [-0.05, 0) is 29.8 Å². The summed E-state index contributed by atoms with van der Waals surface area (Å²) in [6, 6.07) is 12.6. The molecule has 0 spiro atoms. The van der Waals surface area contributed by atoms with Crippen LogP contribution in [0.2, 0.25) is 0 Å². The summed E-state index contributed by atoms with van der Waals surface area (Å²) < 4.78 is 13.5. The highest BCUT2D eigenvalue weighted by Crippen LogP contribution is 2.19. The maximum atomic E-state index is 13.5. The summed E-state index contributed by atoms with van der Waals surface area (Å²) in [5.41, 5.74) is 6.88. The van der Waals surface area contributed by atoms with E-state index in [1.165, 1.54) is 12.1 Å². The van der Waals surface area contributed by atoms with Crippen molar-refractivity contribution < 1.29 is 9.18 Å². The lowest BCUT2D eigenvalue weighted by Gasteiger charge is -2.10. The number of amides is 2. The fourth-order valence-electron chi connectivity index (χ4n) is 1.88. The Balaban J connectivity index is 2.12. The van der Waals surface area contributed by atoms with Crippen LogP contribution in [0.5, 0.6) is 0 Å². The molecule has 0 aliphatic carbocycles. The summed E-state index contributed by atoms with van der Waals surface area (Å²) in [7, 11) is 0. The quantitative estimate of drug-likeness (QED) is 0.806. The van der Waals surface area contributed by atoms with Crippen molar-refractivity contribution in [2.45, 2.75) is 6.54 Å². The molecule has 2 aromatic rings. The fourth-order valence-corrected chi connectivity index (χ4v) is 1.88. The molecule has 0 bridgehead atoms. The van der Waals surface area contributed by atoms with E-state index in [1.54, 1.807) is 24.3 Å². The van der Waals surface area contributed by atoms with Gasteiger partial charge >= 0.3 is 6.03 Å². The second kappa shape index (κ2) is 6.39. The molecule has 21 heavy (non-hydrogen) atoms. The van der Waals surface area contributed by atoms with Crippen molar-refractivity contribution in [1.29, 1.82) is 5.26 Å². The number of anilines is 2. The van der Waals surface area contributed by atoms with Crippen LogP contribution in [0.1, 0.15) is 11.1 Å². The van der Waals surface area contributed by atoms with Gasteiger partial charge in [-0.2, -0.15) is 5.26 Å². The molecule has 2 amide bonds. The van der Waals surface area contributed by atoms with Crippen LogP contribution in [0.3, 0.4) is 0 Å². The van der Waals surface area contributed by atoms with Gasteiger partial charge in [-0.25, -0.2) is 9.18 Å². The number of halogens is 1. The van der Waals surface area contributed by atoms with Gasteiger partial charge in [0.25, 0.3) is 0 Å². The fraction of sp³-hybridized carbons (Fsp3) is 0.0667. The van der Waals surface area contributed by atoms with E-state index >= 15 is 0 Å². The lowest BCUT2D eigenvalue weighted by atomic mass is 10.1. The predicted molar refractivity (Wildman–Crippen MR) is 78.1 cm³/mol. The van der Waals surface area contributed by atoms with Crippen LogP contribution in [0, 0.1) is 17.1 Å². The van der Waals surface area contributed by atoms with E-state index in [1.807, 2.05) is 12.1 Å². The summed E-state index contributed by atoms with van der Waals surface area (Å²) in [5, 5.41) is 14.4. The minimum Gasteiger partial charge on any atom is -0.380 e. The van der Waals surface area contributed by atoms with Gasteiger partial charge < -0.3 is 16.4 Å². The van der Waals surface area contributed by atoms with Crippen LogP contribution in [-0.2, 0) is 6.54 Å². The number of urea groups is 1. The maximum Gasteiger partial charge on any atom is 0.316 e. The van der Waals surface area contributed by atoms with Crippen LogP contribution in [-0.4, -0.2) is 6.03 Å². The molecule has 0 atom stereocenters. The first kappa shape index (κ1) is 14.3. The van der Waals surface area contributed by atoms with Gasteiger partial charge in [0.15, 0.2) is 0 Å². The summed E-state index contributed by atoms with van der Waals surface area (Å²) in [4.78, 5) is 10.8. The Hall–Kier alpha value is -3.07. The molecule has 106 valence electrons. The Morgan fingerprint density at radius 2 is 2.05 bits per heavy atom. The average Bonchev–Trinajstić information content (AvgIpc) is 2.45. The summed E-state index contributed by atoms with van der Waals surface area (Å²) in [6.07, 6.45) is 0. The monoisotopic (exact) mass is 284 g/mol. The number of nitrogens with two attached hydrogens (primary N) is 1. The van der Waals surface area contributed by atoms with Gasteiger partial charge in [0.05, 0.1) is 5.69 Å². The number of benzene rings is 2. The maximum absolute atomic E-state index is 13.5. The number of carbonyl (C=O) groups excluding carboxylic acids is 1. The van der Waals surface area contributed by atoms with Crippen molar-refractivity contribution in [3.63, 3.8) is 0 Å². The van der Waals surface area contributed by atoms with Crippen molar-refractivity contribution in [1.82, 2.24) is 0 Å². The molecule has 2 rings (SSSR count). The normalized spacial score (nSPS) is 9.71. The minimum atomic E-state index is -0.642. The Labute approximate surface area is 121 Å². The van der Waals surface area contributed by atoms with E-state index in [9.17, 15) is 9.18 Å². The zero-order valence-corrected chi connectivity index (χ0v) is 11.1. The van der Waals surface area contributed by atoms with Gasteiger partial charge in [-0.1, -0.05) is 18.2 Å². The van der Waals surface area contributed by atoms with Gasteiger partial charge in [0.1, 0.15) is 17.4 Å². The highest BCUT2D eigenvalue weighted by atomic mass is 19.1. The number of hydrogen-bond donors (Lipinski definition) is 3. The molecule has 0 saturated carbocycles. The number of carbonyl (C=O) groups is 1. The molecule has 4 N–H and O–H groups in total. The highest BCUT2D eigenvalue weighted by molar-refractivity contribution is 5.87. The van der Waals surface area contributed by atoms with Crippen LogP contribution >= 0.6 is 0 Å². The number of hydrogen-bond acceptors (Lipinski definition) is 3. The van der Waals surface area contributed by atoms with E-state index in [-0.39, 0.29) is 5.56 Å². The third-order valence-corrected chi connectivity index (χ3v) is 2.80. The highest BCUT2D eigenvalue weighted by Gasteiger charge is 2.07. The van der Waals surface area contributed by atoms with Gasteiger partial charge in [0, 0.05) is 12.2 Å². The standard InChI is InChI=1S/C15H13FN4O/c16-13-5-2-6-14(12(13)8-17)19-9-10-3-1-4-11(7-10)20-15(18)21/h1-7,19H,9H2,(H3,18,20,21). The first-order chi connectivity index (χ1) is 10.1. The first-order valence-electron chi connectivity index (χ1n) is 6.18. The van der Waals surface area contributed by atoms with Crippen LogP contribution in [0.25, 0.3) is 0 Å². The molecule has 0 saturated heterocycles. The average molecular weight is 284 g/mol. The summed E-state index contributed by atoms with van der Waals surface area (Å²) in [6.45, 7) is 0.381. The van der Waals surface area contributed by atoms with E-state index in [4.69, 9.17) is 11.0 Å². The smallest absolute Gasteiger partial charge is 0.316 e.